The first kappa shape index (κ1) is 23.3. The van der Waals surface area contributed by atoms with Crippen molar-refractivity contribution in [1.82, 2.24) is 9.80 Å². The Morgan fingerprint density at radius 3 is 2.39 bits per heavy atom. The van der Waals surface area contributed by atoms with Crippen LogP contribution in [0.5, 0.6) is 0 Å². The fraction of sp³-hybridized carbons (Fsp3) is 0.417. The summed E-state index contributed by atoms with van der Waals surface area (Å²) in [5.74, 6) is -0.314. The number of piperazine rings is 1. The molecule has 4 rings (SSSR count). The lowest BCUT2D eigenvalue weighted by molar-refractivity contribution is -0.137. The Bertz CT molecular complexity index is 980. The van der Waals surface area contributed by atoms with E-state index in [1.165, 1.54) is 12.1 Å². The Morgan fingerprint density at radius 2 is 1.76 bits per heavy atom. The second-order valence-corrected chi connectivity index (χ2v) is 8.33. The molecular weight excluding hydrogens is 435 g/mol. The standard InChI is InChI=1S/C24H26F3N3O3/c25-24(26,27)19-8-6-17(7-9-19)16-29-10-12-30(13-11-29)23(32)18-3-1-4-20(15-18)28-22(31)21-5-2-14-33-21/h1,3-4,6-9,15,21H,2,5,10-14,16H2,(H,28,31)/t21-/m1/s1. The van der Waals surface area contributed by atoms with Crippen molar-refractivity contribution in [3.63, 3.8) is 0 Å². The van der Waals surface area contributed by atoms with Gasteiger partial charge in [-0.1, -0.05) is 18.2 Å². The van der Waals surface area contributed by atoms with E-state index in [1.807, 2.05) is 0 Å². The van der Waals surface area contributed by atoms with Crippen LogP contribution < -0.4 is 5.32 Å². The second kappa shape index (κ2) is 9.93. The van der Waals surface area contributed by atoms with E-state index in [0.29, 0.717) is 57.0 Å². The maximum Gasteiger partial charge on any atom is 0.416 e. The summed E-state index contributed by atoms with van der Waals surface area (Å²) in [7, 11) is 0. The zero-order valence-corrected chi connectivity index (χ0v) is 18.1. The highest BCUT2D eigenvalue weighted by Crippen LogP contribution is 2.29. The normalized spacial score (nSPS) is 19.5. The van der Waals surface area contributed by atoms with Crippen LogP contribution in [0.2, 0.25) is 0 Å². The zero-order valence-electron chi connectivity index (χ0n) is 18.1. The Kier molecular flexibility index (Phi) is 6.99. The molecular formula is C24H26F3N3O3. The van der Waals surface area contributed by atoms with Crippen LogP contribution in [-0.2, 0) is 22.3 Å². The van der Waals surface area contributed by atoms with E-state index >= 15 is 0 Å². The Hall–Kier alpha value is -2.91. The van der Waals surface area contributed by atoms with E-state index in [4.69, 9.17) is 4.74 Å². The third-order valence-electron chi connectivity index (χ3n) is 5.95. The van der Waals surface area contributed by atoms with E-state index in [0.717, 1.165) is 24.1 Å². The number of carbonyl (C=O) groups excluding carboxylic acids is 2. The number of amides is 2. The van der Waals surface area contributed by atoms with Gasteiger partial charge in [0.2, 0.25) is 0 Å². The zero-order chi connectivity index (χ0) is 23.4. The highest BCUT2D eigenvalue weighted by molar-refractivity contribution is 5.98. The molecule has 2 aromatic rings. The van der Waals surface area contributed by atoms with Gasteiger partial charge < -0.3 is 15.0 Å². The summed E-state index contributed by atoms with van der Waals surface area (Å²) in [4.78, 5) is 29.1. The predicted octanol–water partition coefficient (Wildman–Crippen LogP) is 3.78. The molecule has 6 nitrogen and oxygen atoms in total. The van der Waals surface area contributed by atoms with Crippen LogP contribution in [0.1, 0.15) is 34.3 Å². The molecule has 9 heteroatoms. The van der Waals surface area contributed by atoms with Crippen LogP contribution in [0.4, 0.5) is 18.9 Å². The smallest absolute Gasteiger partial charge is 0.368 e. The van der Waals surface area contributed by atoms with Gasteiger partial charge in [-0.15, -0.1) is 0 Å². The first-order chi connectivity index (χ1) is 15.8. The molecule has 2 aliphatic heterocycles. The number of anilines is 1. The number of hydrogen-bond donors (Lipinski definition) is 1. The van der Waals surface area contributed by atoms with Crippen molar-refractivity contribution in [2.75, 3.05) is 38.1 Å². The minimum atomic E-state index is -4.34. The third kappa shape index (κ3) is 5.91. The average Bonchev–Trinajstić information content (AvgIpc) is 3.34. The molecule has 2 heterocycles. The Morgan fingerprint density at radius 1 is 1.03 bits per heavy atom. The molecule has 2 amide bonds. The molecule has 2 aromatic carbocycles. The van der Waals surface area contributed by atoms with Gasteiger partial charge in [0.05, 0.1) is 5.56 Å². The summed E-state index contributed by atoms with van der Waals surface area (Å²) in [6.07, 6.45) is -3.22. The number of ether oxygens (including phenoxy) is 1. The largest absolute Gasteiger partial charge is 0.416 e. The van der Waals surface area contributed by atoms with E-state index in [9.17, 15) is 22.8 Å². The first-order valence-electron chi connectivity index (χ1n) is 11.0. The number of alkyl halides is 3. The molecule has 2 fully saturated rings. The summed E-state index contributed by atoms with van der Waals surface area (Å²) in [5.41, 5.74) is 1.20. The monoisotopic (exact) mass is 461 g/mol. The summed E-state index contributed by atoms with van der Waals surface area (Å²) >= 11 is 0. The van der Waals surface area contributed by atoms with Gasteiger partial charge in [0.1, 0.15) is 6.10 Å². The first-order valence-corrected chi connectivity index (χ1v) is 11.0. The minimum Gasteiger partial charge on any atom is -0.368 e. The van der Waals surface area contributed by atoms with Crippen LogP contribution in [0, 0.1) is 0 Å². The molecule has 176 valence electrons. The van der Waals surface area contributed by atoms with Gasteiger partial charge in [0.25, 0.3) is 11.8 Å². The summed E-state index contributed by atoms with van der Waals surface area (Å²) in [6, 6.07) is 12.1. The number of carbonyl (C=O) groups is 2. The highest BCUT2D eigenvalue weighted by atomic mass is 19.4. The molecule has 0 spiro atoms. The van der Waals surface area contributed by atoms with Crippen LogP contribution in [0.3, 0.4) is 0 Å². The van der Waals surface area contributed by atoms with Gasteiger partial charge in [0.15, 0.2) is 0 Å². The topological polar surface area (TPSA) is 61.9 Å². The molecule has 0 unspecified atom stereocenters. The number of nitrogens with zero attached hydrogens (tertiary/aromatic N) is 2. The molecule has 2 aliphatic rings. The van der Waals surface area contributed by atoms with Gasteiger partial charge >= 0.3 is 6.18 Å². The lowest BCUT2D eigenvalue weighted by atomic mass is 10.1. The fourth-order valence-corrected chi connectivity index (χ4v) is 4.09. The molecule has 0 aliphatic carbocycles. The van der Waals surface area contributed by atoms with Gasteiger partial charge in [-0.2, -0.15) is 13.2 Å². The summed E-state index contributed by atoms with van der Waals surface area (Å²) in [6.45, 7) is 3.41. The average molecular weight is 461 g/mol. The molecule has 2 saturated heterocycles. The maximum atomic E-state index is 13.0. The van der Waals surface area contributed by atoms with Gasteiger partial charge in [0, 0.05) is 50.6 Å². The van der Waals surface area contributed by atoms with Gasteiger partial charge in [-0.25, -0.2) is 0 Å². The Balaban J connectivity index is 1.29. The molecule has 0 bridgehead atoms. The van der Waals surface area contributed by atoms with Crippen molar-refractivity contribution >= 4 is 17.5 Å². The van der Waals surface area contributed by atoms with Crippen molar-refractivity contribution in [2.24, 2.45) is 0 Å². The lowest BCUT2D eigenvalue weighted by Gasteiger charge is -2.35. The quantitative estimate of drug-likeness (QED) is 0.736. The maximum absolute atomic E-state index is 13.0. The fourth-order valence-electron chi connectivity index (χ4n) is 4.09. The van der Waals surface area contributed by atoms with Crippen LogP contribution in [0.15, 0.2) is 48.5 Å². The predicted molar refractivity (Wildman–Crippen MR) is 117 cm³/mol. The SMILES string of the molecule is O=C(Nc1cccc(C(=O)N2CCN(Cc3ccc(C(F)(F)F)cc3)CC2)c1)[C@H]1CCCO1. The third-order valence-corrected chi connectivity index (χ3v) is 5.95. The second-order valence-electron chi connectivity index (χ2n) is 8.33. The van der Waals surface area contributed by atoms with E-state index in [-0.39, 0.29) is 11.8 Å². The van der Waals surface area contributed by atoms with E-state index in [2.05, 4.69) is 10.2 Å². The molecule has 0 radical (unpaired) electrons. The molecule has 0 aromatic heterocycles. The van der Waals surface area contributed by atoms with Crippen molar-refractivity contribution < 1.29 is 27.5 Å². The van der Waals surface area contributed by atoms with Crippen molar-refractivity contribution in [3.05, 3.63) is 65.2 Å². The van der Waals surface area contributed by atoms with Crippen molar-refractivity contribution in [1.29, 1.82) is 0 Å². The van der Waals surface area contributed by atoms with Crippen molar-refractivity contribution in [3.8, 4) is 0 Å². The molecule has 1 atom stereocenters. The number of nitrogens with one attached hydrogen (secondary N) is 1. The molecule has 1 N–H and O–H groups in total. The molecule has 33 heavy (non-hydrogen) atoms. The summed E-state index contributed by atoms with van der Waals surface area (Å²) in [5, 5.41) is 2.82. The van der Waals surface area contributed by atoms with E-state index in [1.54, 1.807) is 29.2 Å². The number of benzene rings is 2. The van der Waals surface area contributed by atoms with Gasteiger partial charge in [-0.05, 0) is 48.7 Å². The molecule has 0 saturated carbocycles. The van der Waals surface area contributed by atoms with Crippen LogP contribution >= 0.6 is 0 Å². The highest BCUT2D eigenvalue weighted by Gasteiger charge is 2.30. The van der Waals surface area contributed by atoms with Crippen LogP contribution in [0.25, 0.3) is 0 Å². The number of halogens is 3. The number of rotatable bonds is 5. The minimum absolute atomic E-state index is 0.114. The lowest BCUT2D eigenvalue weighted by Crippen LogP contribution is -2.48. The summed E-state index contributed by atoms with van der Waals surface area (Å²) < 4.78 is 43.6. The van der Waals surface area contributed by atoms with Crippen molar-refractivity contribution in [2.45, 2.75) is 31.7 Å². The Labute approximate surface area is 190 Å². The number of hydrogen-bond acceptors (Lipinski definition) is 4. The van der Waals surface area contributed by atoms with E-state index < -0.39 is 17.8 Å². The van der Waals surface area contributed by atoms with Crippen LogP contribution in [-0.4, -0.2) is 60.5 Å². The van der Waals surface area contributed by atoms with Gasteiger partial charge in [-0.3, -0.25) is 14.5 Å².